The Morgan fingerprint density at radius 2 is 1.73 bits per heavy atom. The smallest absolute Gasteiger partial charge is 0.352 e. The first-order chi connectivity index (χ1) is 30.9. The first-order valence-electron chi connectivity index (χ1n) is 19.0. The van der Waals surface area contributed by atoms with Crippen molar-refractivity contribution in [1.82, 2.24) is 25.2 Å². The third kappa shape index (κ3) is 7.89. The van der Waals surface area contributed by atoms with Crippen LogP contribution in [0.25, 0.3) is 11.1 Å². The maximum Gasteiger partial charge on any atom is 0.352 e. The molecule has 21 heteroatoms. The number of oxime groups is 1. The van der Waals surface area contributed by atoms with Gasteiger partial charge in [-0.05, 0) is 29.3 Å². The molecule has 16 nitrogen and oxygen atoms in total. The monoisotopic (exact) mass is 955 g/mol. The number of hydrogen-bond acceptors (Lipinski definition) is 16. The summed E-state index contributed by atoms with van der Waals surface area (Å²) in [6.45, 7) is -0.286. The van der Waals surface area contributed by atoms with Crippen molar-refractivity contribution in [3.05, 3.63) is 147 Å². The fourth-order valence-corrected chi connectivity index (χ4v) is 10.7. The van der Waals surface area contributed by atoms with Crippen molar-refractivity contribution in [2.24, 2.45) is 5.16 Å². The SMILES string of the molecule is Nc1nc(C(=NOCc2cc(Cl)c3c(c2Cl)OC(c2ccccc2)(c2ccccc2)O3)C(=O)N[C@@H]2C(=O)N3C(C(=O)O)=C(CSc4ncncc4-c4ccc(O)c(O)c4)CS[C@H]23)cs1. The van der Waals surface area contributed by atoms with Gasteiger partial charge in [-0.3, -0.25) is 14.5 Å². The molecule has 6 N–H and O–H groups in total. The molecule has 6 aromatic rings. The van der Waals surface area contributed by atoms with Crippen LogP contribution in [0, 0.1) is 0 Å². The van der Waals surface area contributed by atoms with Crippen LogP contribution in [0.3, 0.4) is 0 Å². The van der Waals surface area contributed by atoms with Gasteiger partial charge in [0.25, 0.3) is 11.8 Å². The number of fused-ring (bicyclic) bond motifs is 2. The summed E-state index contributed by atoms with van der Waals surface area (Å²) in [6, 6.07) is 23.4. The second-order valence-corrected chi connectivity index (χ2v) is 17.9. The van der Waals surface area contributed by atoms with Crippen LogP contribution in [0.5, 0.6) is 23.0 Å². The number of rotatable bonds is 13. The quantitative estimate of drug-likeness (QED) is 0.0195. The van der Waals surface area contributed by atoms with Gasteiger partial charge < -0.3 is 40.7 Å². The number of nitrogens with one attached hydrogen (secondary N) is 1. The average molecular weight is 957 g/mol. The molecule has 64 heavy (non-hydrogen) atoms. The molecule has 0 spiro atoms. The number of nitrogens with zero attached hydrogens (tertiary/aromatic N) is 5. The molecular formula is C43H31Cl2N7O9S3. The molecule has 324 valence electrons. The Balaban J connectivity index is 0.915. The number of anilines is 1. The number of benzene rings is 4. The van der Waals surface area contributed by atoms with E-state index in [1.165, 1.54) is 53.6 Å². The molecule has 9 rings (SSSR count). The number of aromatic nitrogens is 3. The number of carbonyl (C=O) groups excluding carboxylic acids is 2. The zero-order valence-corrected chi connectivity index (χ0v) is 36.6. The van der Waals surface area contributed by atoms with Crippen LogP contribution in [-0.2, 0) is 31.6 Å². The normalized spacial score (nSPS) is 17.4. The lowest BCUT2D eigenvalue weighted by Crippen LogP contribution is -2.71. The standard InChI is InChI=1S/C43H31Cl2N7O9S3/c44-27-13-22(31(45)36-35(27)60-43(61-36,24-7-3-1-4-8-24)25-9-5-2-6-10-25)16-59-51-32(28-19-64-42(46)49-28)37(55)50-33-39(56)52-34(41(57)58)23(18-63-40(33)52)17-62-38-26(15-47-20-48-38)21-11-12-29(53)30(54)14-21/h1-15,19-20,33,40,53-54H,16-18H2,(H2,46,49)(H,50,55)(H,57,58)/t33-,40-/m1/s1. The summed E-state index contributed by atoms with van der Waals surface area (Å²) < 4.78 is 13.0. The van der Waals surface area contributed by atoms with Crippen molar-refractivity contribution in [2.45, 2.75) is 28.8 Å². The third-order valence-electron chi connectivity index (χ3n) is 10.2. The number of aromatic hydroxyl groups is 2. The average Bonchev–Trinajstić information content (AvgIpc) is 3.94. The summed E-state index contributed by atoms with van der Waals surface area (Å²) in [6.07, 6.45) is 2.88. The maximum atomic E-state index is 13.9. The van der Waals surface area contributed by atoms with Crippen LogP contribution in [0.4, 0.5) is 5.13 Å². The largest absolute Gasteiger partial charge is 0.504 e. The van der Waals surface area contributed by atoms with E-state index in [0.717, 1.165) is 16.2 Å². The topological polar surface area (TPSA) is 232 Å². The zero-order chi connectivity index (χ0) is 44.7. The van der Waals surface area contributed by atoms with Gasteiger partial charge in [-0.15, -0.1) is 34.9 Å². The number of nitrogen functional groups attached to an aromatic ring is 1. The lowest BCUT2D eigenvalue weighted by molar-refractivity contribution is -0.150. The number of aliphatic carboxylic acids is 1. The molecule has 0 unspecified atom stereocenters. The predicted octanol–water partition coefficient (Wildman–Crippen LogP) is 7.02. The molecule has 0 aliphatic carbocycles. The molecule has 2 amide bonds. The van der Waals surface area contributed by atoms with Gasteiger partial charge in [-0.1, -0.05) is 95.1 Å². The van der Waals surface area contributed by atoms with Crippen LogP contribution >= 0.6 is 58.1 Å². The molecule has 0 radical (unpaired) electrons. The zero-order valence-electron chi connectivity index (χ0n) is 32.7. The van der Waals surface area contributed by atoms with E-state index in [-0.39, 0.29) is 73.4 Å². The lowest BCUT2D eigenvalue weighted by Gasteiger charge is -2.49. The Morgan fingerprint density at radius 3 is 2.41 bits per heavy atom. The van der Waals surface area contributed by atoms with Crippen molar-refractivity contribution in [2.75, 3.05) is 17.2 Å². The van der Waals surface area contributed by atoms with E-state index in [1.807, 2.05) is 60.7 Å². The van der Waals surface area contributed by atoms with E-state index in [9.17, 15) is 29.7 Å². The van der Waals surface area contributed by atoms with Crippen LogP contribution in [0.2, 0.25) is 10.0 Å². The number of thiazole rings is 1. The van der Waals surface area contributed by atoms with Gasteiger partial charge in [0.05, 0.1) is 10.0 Å². The van der Waals surface area contributed by atoms with Crippen molar-refractivity contribution in [3.63, 3.8) is 0 Å². The number of thioether (sulfide) groups is 2. The van der Waals surface area contributed by atoms with Crippen molar-refractivity contribution < 1.29 is 44.0 Å². The van der Waals surface area contributed by atoms with E-state index in [0.29, 0.717) is 38.4 Å². The molecule has 3 aliphatic rings. The molecule has 1 fully saturated rings. The number of nitrogens with two attached hydrogens (primary N) is 1. The number of carbonyl (C=O) groups is 3. The number of halogens is 2. The minimum absolute atomic E-state index is 0.0716. The van der Waals surface area contributed by atoms with Crippen LogP contribution in [-0.4, -0.2) is 81.6 Å². The molecule has 1 saturated heterocycles. The van der Waals surface area contributed by atoms with Gasteiger partial charge in [0.15, 0.2) is 33.8 Å². The Kier molecular flexibility index (Phi) is 11.7. The highest BCUT2D eigenvalue weighted by Gasteiger charge is 2.54. The van der Waals surface area contributed by atoms with Crippen LogP contribution in [0.1, 0.15) is 22.4 Å². The van der Waals surface area contributed by atoms with Crippen LogP contribution in [0.15, 0.2) is 124 Å². The van der Waals surface area contributed by atoms with Gasteiger partial charge in [0.2, 0.25) is 0 Å². The molecule has 4 aromatic carbocycles. The van der Waals surface area contributed by atoms with Gasteiger partial charge in [0.1, 0.15) is 40.8 Å². The number of ether oxygens (including phenoxy) is 2. The van der Waals surface area contributed by atoms with Crippen molar-refractivity contribution in [3.8, 4) is 34.1 Å². The summed E-state index contributed by atoms with van der Waals surface area (Å²) in [7, 11) is 0. The lowest BCUT2D eigenvalue weighted by atomic mass is 9.97. The van der Waals surface area contributed by atoms with Gasteiger partial charge in [0, 0.05) is 45.3 Å². The van der Waals surface area contributed by atoms with Crippen molar-refractivity contribution in [1.29, 1.82) is 0 Å². The Morgan fingerprint density at radius 1 is 1.02 bits per heavy atom. The predicted molar refractivity (Wildman–Crippen MR) is 240 cm³/mol. The second kappa shape index (κ2) is 17.6. The van der Waals surface area contributed by atoms with E-state index >= 15 is 0 Å². The summed E-state index contributed by atoms with van der Waals surface area (Å²) in [5.74, 6) is -4.02. The van der Waals surface area contributed by atoms with Gasteiger partial charge in [-0.2, -0.15) is 0 Å². The second-order valence-electron chi connectivity index (χ2n) is 14.2. The number of phenolic OH excluding ortho intramolecular Hbond substituents is 2. The van der Waals surface area contributed by atoms with E-state index in [2.05, 4.69) is 25.4 Å². The maximum absolute atomic E-state index is 13.9. The Bertz CT molecular complexity index is 2870. The van der Waals surface area contributed by atoms with Gasteiger partial charge >= 0.3 is 11.8 Å². The Labute approximate surface area is 385 Å². The minimum Gasteiger partial charge on any atom is -0.504 e. The van der Waals surface area contributed by atoms with Crippen molar-refractivity contribution >= 4 is 86.7 Å². The number of amides is 2. The summed E-state index contributed by atoms with van der Waals surface area (Å²) in [5, 5.41) is 38.7. The fourth-order valence-electron chi connectivity index (χ4n) is 7.20. The number of phenols is 2. The first kappa shape index (κ1) is 42.8. The summed E-state index contributed by atoms with van der Waals surface area (Å²) in [4.78, 5) is 59.8. The minimum atomic E-state index is -1.40. The highest BCUT2D eigenvalue weighted by Crippen LogP contribution is 2.55. The van der Waals surface area contributed by atoms with Gasteiger partial charge in [-0.25, -0.2) is 19.7 Å². The summed E-state index contributed by atoms with van der Waals surface area (Å²) >= 11 is 17.3. The molecule has 0 bridgehead atoms. The summed E-state index contributed by atoms with van der Waals surface area (Å²) in [5.41, 5.74) is 8.77. The molecule has 3 aliphatic heterocycles. The van der Waals surface area contributed by atoms with Crippen LogP contribution < -0.4 is 20.5 Å². The molecule has 5 heterocycles. The number of hydrogen-bond donors (Lipinski definition) is 5. The number of carboxylic acid groups (broad SMARTS) is 1. The highest BCUT2D eigenvalue weighted by molar-refractivity contribution is 8.01. The molecule has 2 atom stereocenters. The number of carboxylic acids is 1. The van der Waals surface area contributed by atoms with E-state index < -0.39 is 35.0 Å². The highest BCUT2D eigenvalue weighted by atomic mass is 35.5. The first-order valence-corrected chi connectivity index (χ1v) is 22.7. The van der Waals surface area contributed by atoms with E-state index in [4.69, 9.17) is 43.2 Å². The Hall–Kier alpha value is -6.51. The fraction of sp³-hybridized carbons (Fsp3) is 0.140. The molecule has 2 aromatic heterocycles. The molecular weight excluding hydrogens is 926 g/mol. The molecule has 0 saturated carbocycles. The third-order valence-corrected chi connectivity index (χ3v) is 14.0. The number of β-lactam (4-membered cyclic amide) rings is 1. The van der Waals surface area contributed by atoms with E-state index in [1.54, 1.807) is 12.1 Å².